The molecule has 2 aliphatic rings. The SMILES string of the molecule is O=C(O)C1=CCN2C=CC=CC2=C1.[B]. The van der Waals surface area contributed by atoms with Crippen LogP contribution in [0.5, 0.6) is 0 Å². The van der Waals surface area contributed by atoms with Gasteiger partial charge in [-0.3, -0.25) is 0 Å². The third kappa shape index (κ3) is 1.79. The Morgan fingerprint density at radius 3 is 2.93 bits per heavy atom. The van der Waals surface area contributed by atoms with Crippen LogP contribution in [0.4, 0.5) is 0 Å². The lowest BCUT2D eigenvalue weighted by Crippen LogP contribution is -2.22. The third-order valence-corrected chi connectivity index (χ3v) is 2.03. The van der Waals surface area contributed by atoms with Crippen LogP contribution in [0.25, 0.3) is 0 Å². The van der Waals surface area contributed by atoms with Gasteiger partial charge in [-0.25, -0.2) is 4.79 Å². The van der Waals surface area contributed by atoms with Gasteiger partial charge < -0.3 is 10.0 Å². The van der Waals surface area contributed by atoms with Crippen molar-refractivity contribution in [3.63, 3.8) is 0 Å². The van der Waals surface area contributed by atoms with Crippen LogP contribution in [0.1, 0.15) is 0 Å². The van der Waals surface area contributed by atoms with Crippen molar-refractivity contribution in [1.29, 1.82) is 0 Å². The fourth-order valence-corrected chi connectivity index (χ4v) is 1.35. The van der Waals surface area contributed by atoms with E-state index >= 15 is 0 Å². The minimum atomic E-state index is -0.866. The summed E-state index contributed by atoms with van der Waals surface area (Å²) in [5.74, 6) is -0.866. The Bertz CT molecular complexity index is 366. The summed E-state index contributed by atoms with van der Waals surface area (Å²) in [6.45, 7) is 0.633. The molecule has 2 rings (SSSR count). The van der Waals surface area contributed by atoms with E-state index in [1.807, 2.05) is 29.3 Å². The van der Waals surface area contributed by atoms with E-state index in [1.165, 1.54) is 0 Å². The average Bonchev–Trinajstić information content (AvgIpc) is 2.17. The fourth-order valence-electron chi connectivity index (χ4n) is 1.35. The monoisotopic (exact) mass is 186 g/mol. The Kier molecular flexibility index (Phi) is 2.97. The smallest absolute Gasteiger partial charge is 0.335 e. The summed E-state index contributed by atoms with van der Waals surface area (Å²) in [5, 5.41) is 8.76. The lowest BCUT2D eigenvalue weighted by atomic mass is 10.1. The third-order valence-electron chi connectivity index (χ3n) is 2.03. The van der Waals surface area contributed by atoms with E-state index in [1.54, 1.807) is 12.2 Å². The molecule has 69 valence electrons. The lowest BCUT2D eigenvalue weighted by Gasteiger charge is -2.25. The highest BCUT2D eigenvalue weighted by atomic mass is 16.4. The van der Waals surface area contributed by atoms with Gasteiger partial charge in [0.1, 0.15) is 0 Å². The normalized spacial score (nSPS) is 17.9. The summed E-state index contributed by atoms with van der Waals surface area (Å²) in [6, 6.07) is 0. The van der Waals surface area contributed by atoms with Gasteiger partial charge in [0.2, 0.25) is 0 Å². The van der Waals surface area contributed by atoms with Crippen molar-refractivity contribution in [1.82, 2.24) is 4.90 Å². The highest BCUT2D eigenvalue weighted by molar-refractivity contribution is 5.90. The van der Waals surface area contributed by atoms with E-state index in [2.05, 4.69) is 0 Å². The molecule has 3 radical (unpaired) electrons. The van der Waals surface area contributed by atoms with Gasteiger partial charge >= 0.3 is 5.97 Å². The molecule has 0 amide bonds. The van der Waals surface area contributed by atoms with E-state index in [0.29, 0.717) is 12.1 Å². The molecule has 4 heteroatoms. The van der Waals surface area contributed by atoms with Crippen molar-refractivity contribution in [3.8, 4) is 0 Å². The van der Waals surface area contributed by atoms with Crippen LogP contribution in [-0.4, -0.2) is 30.9 Å². The van der Waals surface area contributed by atoms with E-state index < -0.39 is 5.97 Å². The molecule has 0 aliphatic carbocycles. The number of allylic oxidation sites excluding steroid dienone is 3. The van der Waals surface area contributed by atoms with Crippen LogP contribution in [0, 0.1) is 0 Å². The standard InChI is InChI=1S/C10H9NO2.B/c12-10(13)8-4-6-11-5-2-1-3-9(11)7-8;/h1-5,7H,6H2,(H,12,13);. The van der Waals surface area contributed by atoms with Gasteiger partial charge in [0, 0.05) is 26.9 Å². The molecule has 0 spiro atoms. The van der Waals surface area contributed by atoms with Crippen LogP contribution >= 0.6 is 0 Å². The molecule has 0 fully saturated rings. The molecule has 0 aromatic carbocycles. The molecule has 0 saturated heterocycles. The molecule has 0 aromatic rings. The fraction of sp³-hybridized carbons (Fsp3) is 0.100. The summed E-state index contributed by atoms with van der Waals surface area (Å²) in [7, 11) is 0. The molecule has 14 heavy (non-hydrogen) atoms. The molecule has 0 atom stereocenters. The minimum absolute atomic E-state index is 0. The zero-order valence-electron chi connectivity index (χ0n) is 7.55. The number of aliphatic carboxylic acids is 1. The number of hydrogen-bond donors (Lipinski definition) is 1. The van der Waals surface area contributed by atoms with E-state index in [9.17, 15) is 4.79 Å². The van der Waals surface area contributed by atoms with Gasteiger partial charge in [0.05, 0.1) is 5.57 Å². The zero-order valence-corrected chi connectivity index (χ0v) is 7.55. The van der Waals surface area contributed by atoms with Crippen molar-refractivity contribution in [2.75, 3.05) is 6.54 Å². The summed E-state index contributed by atoms with van der Waals surface area (Å²) in [5.41, 5.74) is 1.30. The van der Waals surface area contributed by atoms with Crippen molar-refractivity contribution in [2.24, 2.45) is 0 Å². The molecular weight excluding hydrogens is 177 g/mol. The van der Waals surface area contributed by atoms with Crippen LogP contribution in [0.3, 0.4) is 0 Å². The summed E-state index contributed by atoms with van der Waals surface area (Å²) in [6.07, 6.45) is 11.0. The Morgan fingerprint density at radius 1 is 1.43 bits per heavy atom. The molecule has 2 heterocycles. The topological polar surface area (TPSA) is 40.5 Å². The molecule has 0 aromatic heterocycles. The second-order valence-electron chi connectivity index (χ2n) is 2.89. The van der Waals surface area contributed by atoms with E-state index in [0.717, 1.165) is 5.70 Å². The molecule has 3 nitrogen and oxygen atoms in total. The van der Waals surface area contributed by atoms with Crippen molar-refractivity contribution in [3.05, 3.63) is 47.9 Å². The molecular formula is C10H9BNO2. The minimum Gasteiger partial charge on any atom is -0.478 e. The first-order chi connectivity index (χ1) is 6.27. The highest BCUT2D eigenvalue weighted by Gasteiger charge is 2.14. The first kappa shape index (κ1) is 10.4. The van der Waals surface area contributed by atoms with Crippen LogP contribution in [0.15, 0.2) is 47.9 Å². The number of carboxylic acids is 1. The van der Waals surface area contributed by atoms with Gasteiger partial charge in [-0.2, -0.15) is 0 Å². The predicted octanol–water partition coefficient (Wildman–Crippen LogP) is 0.900. The predicted molar refractivity (Wildman–Crippen MR) is 54.5 cm³/mol. The maximum atomic E-state index is 10.7. The molecule has 2 aliphatic heterocycles. The average molecular weight is 186 g/mol. The largest absolute Gasteiger partial charge is 0.478 e. The Balaban J connectivity index is 0.000000980. The molecule has 0 saturated carbocycles. The Hall–Kier alpha value is -1.71. The Morgan fingerprint density at radius 2 is 2.21 bits per heavy atom. The summed E-state index contributed by atoms with van der Waals surface area (Å²) in [4.78, 5) is 12.6. The van der Waals surface area contributed by atoms with Crippen LogP contribution < -0.4 is 0 Å². The van der Waals surface area contributed by atoms with Crippen molar-refractivity contribution in [2.45, 2.75) is 0 Å². The molecule has 0 bridgehead atoms. The van der Waals surface area contributed by atoms with Crippen LogP contribution in [0.2, 0.25) is 0 Å². The van der Waals surface area contributed by atoms with Gasteiger partial charge in [-0.1, -0.05) is 12.2 Å². The number of rotatable bonds is 1. The lowest BCUT2D eigenvalue weighted by molar-refractivity contribution is -0.132. The second kappa shape index (κ2) is 4.00. The number of hydrogen-bond acceptors (Lipinski definition) is 2. The van der Waals surface area contributed by atoms with E-state index in [4.69, 9.17) is 5.11 Å². The number of fused-ring (bicyclic) bond motifs is 1. The zero-order chi connectivity index (χ0) is 9.26. The number of carbonyl (C=O) groups is 1. The van der Waals surface area contributed by atoms with Crippen molar-refractivity contribution < 1.29 is 9.90 Å². The molecule has 1 N–H and O–H groups in total. The summed E-state index contributed by atoms with van der Waals surface area (Å²) < 4.78 is 0. The van der Waals surface area contributed by atoms with Gasteiger partial charge in [0.25, 0.3) is 0 Å². The van der Waals surface area contributed by atoms with E-state index in [-0.39, 0.29) is 8.41 Å². The van der Waals surface area contributed by atoms with Gasteiger partial charge in [-0.05, 0) is 18.2 Å². The van der Waals surface area contributed by atoms with Gasteiger partial charge in [0.15, 0.2) is 0 Å². The number of carboxylic acid groups (broad SMARTS) is 1. The van der Waals surface area contributed by atoms with Crippen molar-refractivity contribution >= 4 is 14.4 Å². The van der Waals surface area contributed by atoms with Crippen LogP contribution in [-0.2, 0) is 4.79 Å². The Labute approximate surface area is 84.3 Å². The number of nitrogens with zero attached hydrogens (tertiary/aromatic N) is 1. The summed E-state index contributed by atoms with van der Waals surface area (Å²) >= 11 is 0. The maximum Gasteiger partial charge on any atom is 0.335 e. The quantitative estimate of drug-likeness (QED) is 0.618. The first-order valence-electron chi connectivity index (χ1n) is 4.04. The van der Waals surface area contributed by atoms with Gasteiger partial charge in [-0.15, -0.1) is 0 Å². The maximum absolute atomic E-state index is 10.7. The first-order valence-corrected chi connectivity index (χ1v) is 4.04. The highest BCUT2D eigenvalue weighted by Crippen LogP contribution is 2.19. The second-order valence-corrected chi connectivity index (χ2v) is 2.89. The molecule has 0 unspecified atom stereocenters.